The quantitative estimate of drug-likeness (QED) is 0.908. The topological polar surface area (TPSA) is 38.7 Å². The fourth-order valence-electron chi connectivity index (χ4n) is 2.07. The molecule has 2 saturated carbocycles. The van der Waals surface area contributed by atoms with Gasteiger partial charge >= 0.3 is 0 Å². The van der Waals surface area contributed by atoms with Gasteiger partial charge in [-0.05, 0) is 37.8 Å². The van der Waals surface area contributed by atoms with E-state index in [4.69, 9.17) is 9.47 Å². The molecule has 0 aliphatic heterocycles. The molecular formula is C14H17BrO3. The van der Waals surface area contributed by atoms with E-state index in [1.54, 1.807) is 7.11 Å². The molecule has 2 aliphatic rings. The summed E-state index contributed by atoms with van der Waals surface area (Å²) in [6, 6.07) is 3.94. The molecule has 2 aliphatic carbocycles. The molecule has 1 N–H and O–H groups in total. The molecule has 2 fully saturated rings. The molecular weight excluding hydrogens is 296 g/mol. The highest BCUT2D eigenvalue weighted by Gasteiger charge is 2.41. The highest BCUT2D eigenvalue weighted by Crippen LogP contribution is 2.44. The van der Waals surface area contributed by atoms with E-state index in [2.05, 4.69) is 15.9 Å². The average Bonchev–Trinajstić information content (AvgIpc) is 3.21. The summed E-state index contributed by atoms with van der Waals surface area (Å²) in [5.41, 5.74) is 0.515. The average molecular weight is 313 g/mol. The maximum absolute atomic E-state index is 10.1. The van der Waals surface area contributed by atoms with Crippen molar-refractivity contribution in [2.24, 2.45) is 0 Å². The Morgan fingerprint density at radius 2 is 2.11 bits per heavy atom. The Hall–Kier alpha value is -0.740. The first-order chi connectivity index (χ1) is 8.59. The summed E-state index contributed by atoms with van der Waals surface area (Å²) < 4.78 is 12.3. The minimum absolute atomic E-state index is 0.327. The summed E-state index contributed by atoms with van der Waals surface area (Å²) >= 11 is 3.48. The minimum atomic E-state index is -0.520. The van der Waals surface area contributed by atoms with Crippen LogP contribution >= 0.6 is 15.9 Å². The molecule has 18 heavy (non-hydrogen) atoms. The first-order valence-electron chi connectivity index (χ1n) is 6.35. The van der Waals surface area contributed by atoms with Crippen molar-refractivity contribution in [1.29, 1.82) is 0 Å². The molecule has 0 atom stereocenters. The summed E-state index contributed by atoms with van der Waals surface area (Å²) in [6.45, 7) is 0. The largest absolute Gasteiger partial charge is 0.493 e. The zero-order valence-corrected chi connectivity index (χ0v) is 12.0. The standard InChI is InChI=1S/C14H17BrO3/c1-17-12-7-10(15)6-9(8-14(16)4-5-14)13(12)18-11-2-3-11/h6-7,11,16H,2-5,8H2,1H3. The van der Waals surface area contributed by atoms with E-state index in [-0.39, 0.29) is 0 Å². The van der Waals surface area contributed by atoms with Crippen molar-refractivity contribution in [2.75, 3.05) is 7.11 Å². The molecule has 0 amide bonds. The van der Waals surface area contributed by atoms with Crippen LogP contribution in [0.4, 0.5) is 0 Å². The molecule has 0 heterocycles. The van der Waals surface area contributed by atoms with Crippen LogP contribution in [0.5, 0.6) is 11.5 Å². The van der Waals surface area contributed by atoms with Gasteiger partial charge in [-0.15, -0.1) is 0 Å². The van der Waals surface area contributed by atoms with Gasteiger partial charge in [-0.1, -0.05) is 15.9 Å². The Bertz CT molecular complexity index is 464. The molecule has 0 aromatic heterocycles. The predicted molar refractivity (Wildman–Crippen MR) is 72.2 cm³/mol. The van der Waals surface area contributed by atoms with Gasteiger partial charge in [0.2, 0.25) is 0 Å². The molecule has 98 valence electrons. The van der Waals surface area contributed by atoms with E-state index in [0.717, 1.165) is 47.2 Å². The van der Waals surface area contributed by atoms with Gasteiger partial charge in [0.1, 0.15) is 0 Å². The Kier molecular flexibility index (Phi) is 3.02. The molecule has 4 heteroatoms. The Morgan fingerprint density at radius 3 is 2.67 bits per heavy atom. The first-order valence-corrected chi connectivity index (χ1v) is 7.14. The predicted octanol–water partition coefficient (Wildman–Crippen LogP) is 3.07. The number of halogens is 1. The van der Waals surface area contributed by atoms with Gasteiger partial charge in [0.05, 0.1) is 18.8 Å². The normalized spacial score (nSPS) is 20.6. The van der Waals surface area contributed by atoms with E-state index in [9.17, 15) is 5.11 Å². The molecule has 1 aromatic rings. The monoisotopic (exact) mass is 312 g/mol. The molecule has 0 radical (unpaired) electrons. The van der Waals surface area contributed by atoms with Crippen LogP contribution in [0.15, 0.2) is 16.6 Å². The highest BCUT2D eigenvalue weighted by atomic mass is 79.9. The van der Waals surface area contributed by atoms with E-state index >= 15 is 0 Å². The van der Waals surface area contributed by atoms with Gasteiger partial charge in [0.25, 0.3) is 0 Å². The number of ether oxygens (including phenoxy) is 2. The van der Waals surface area contributed by atoms with Crippen LogP contribution in [0.25, 0.3) is 0 Å². The number of hydrogen-bond donors (Lipinski definition) is 1. The molecule has 3 rings (SSSR count). The molecule has 0 spiro atoms. The Labute approximate surface area is 115 Å². The van der Waals surface area contributed by atoms with Crippen LogP contribution < -0.4 is 9.47 Å². The third-order valence-corrected chi connectivity index (χ3v) is 3.93. The molecule has 0 unspecified atom stereocenters. The highest BCUT2D eigenvalue weighted by molar-refractivity contribution is 9.10. The number of benzene rings is 1. The number of hydrogen-bond acceptors (Lipinski definition) is 3. The number of methoxy groups -OCH3 is 1. The van der Waals surface area contributed by atoms with Crippen molar-refractivity contribution < 1.29 is 14.6 Å². The maximum Gasteiger partial charge on any atom is 0.164 e. The molecule has 1 aromatic carbocycles. The van der Waals surface area contributed by atoms with Crippen LogP contribution in [0.2, 0.25) is 0 Å². The smallest absolute Gasteiger partial charge is 0.164 e. The van der Waals surface area contributed by atoms with Gasteiger partial charge < -0.3 is 14.6 Å². The lowest BCUT2D eigenvalue weighted by molar-refractivity contribution is 0.149. The third-order valence-electron chi connectivity index (χ3n) is 3.47. The van der Waals surface area contributed by atoms with Gasteiger partial charge in [-0.3, -0.25) is 0 Å². The van der Waals surface area contributed by atoms with Crippen molar-refractivity contribution in [1.82, 2.24) is 0 Å². The lowest BCUT2D eigenvalue weighted by atomic mass is 10.0. The second-order valence-electron chi connectivity index (χ2n) is 5.31. The Morgan fingerprint density at radius 1 is 1.39 bits per heavy atom. The fourth-order valence-corrected chi connectivity index (χ4v) is 2.55. The van der Waals surface area contributed by atoms with Crippen LogP contribution in [0.3, 0.4) is 0 Å². The summed E-state index contributed by atoms with van der Waals surface area (Å²) in [6.07, 6.45) is 4.96. The van der Waals surface area contributed by atoms with Crippen molar-refractivity contribution in [2.45, 2.75) is 43.8 Å². The van der Waals surface area contributed by atoms with E-state index < -0.39 is 5.60 Å². The fraction of sp³-hybridized carbons (Fsp3) is 0.571. The van der Waals surface area contributed by atoms with Gasteiger partial charge in [-0.25, -0.2) is 0 Å². The van der Waals surface area contributed by atoms with Crippen molar-refractivity contribution in [3.05, 3.63) is 22.2 Å². The van der Waals surface area contributed by atoms with E-state index in [1.807, 2.05) is 12.1 Å². The lowest BCUT2D eigenvalue weighted by Gasteiger charge is -2.17. The lowest BCUT2D eigenvalue weighted by Crippen LogP contribution is -2.13. The van der Waals surface area contributed by atoms with Gasteiger partial charge in [0.15, 0.2) is 11.5 Å². The summed E-state index contributed by atoms with van der Waals surface area (Å²) in [5.74, 6) is 1.55. The van der Waals surface area contributed by atoms with E-state index in [0.29, 0.717) is 12.5 Å². The van der Waals surface area contributed by atoms with Crippen LogP contribution in [-0.2, 0) is 6.42 Å². The van der Waals surface area contributed by atoms with Crippen LogP contribution in [-0.4, -0.2) is 23.9 Å². The second kappa shape index (κ2) is 4.42. The minimum Gasteiger partial charge on any atom is -0.493 e. The summed E-state index contributed by atoms with van der Waals surface area (Å²) in [5, 5.41) is 10.1. The summed E-state index contributed by atoms with van der Waals surface area (Å²) in [7, 11) is 1.65. The maximum atomic E-state index is 10.1. The second-order valence-corrected chi connectivity index (χ2v) is 6.23. The number of rotatable bonds is 5. The van der Waals surface area contributed by atoms with Crippen LogP contribution in [0.1, 0.15) is 31.2 Å². The summed E-state index contributed by atoms with van der Waals surface area (Å²) in [4.78, 5) is 0. The van der Waals surface area contributed by atoms with Crippen molar-refractivity contribution in [3.8, 4) is 11.5 Å². The van der Waals surface area contributed by atoms with Crippen molar-refractivity contribution >= 4 is 15.9 Å². The molecule has 0 bridgehead atoms. The molecule has 0 saturated heterocycles. The van der Waals surface area contributed by atoms with E-state index in [1.165, 1.54) is 0 Å². The first kappa shape index (κ1) is 12.3. The van der Waals surface area contributed by atoms with Crippen LogP contribution in [0, 0.1) is 0 Å². The Balaban J connectivity index is 1.93. The zero-order valence-electron chi connectivity index (χ0n) is 10.4. The number of aliphatic hydroxyl groups is 1. The SMILES string of the molecule is COc1cc(Br)cc(CC2(O)CC2)c1OC1CC1. The molecule has 3 nitrogen and oxygen atoms in total. The van der Waals surface area contributed by atoms with Gasteiger partial charge in [-0.2, -0.15) is 0 Å². The zero-order chi connectivity index (χ0) is 12.8. The van der Waals surface area contributed by atoms with Gasteiger partial charge in [0, 0.05) is 16.5 Å². The van der Waals surface area contributed by atoms with Crippen molar-refractivity contribution in [3.63, 3.8) is 0 Å². The third kappa shape index (κ3) is 2.64.